The number of allylic oxidation sites excluding steroid dienone is 1. The Hall–Kier alpha value is -0.440. The Bertz CT molecular complexity index is 355. The van der Waals surface area contributed by atoms with Crippen LogP contribution in [-0.4, -0.2) is 18.3 Å². The molecule has 29 heavy (non-hydrogen) atoms. The van der Waals surface area contributed by atoms with Gasteiger partial charge in [-0.2, -0.15) is 12.6 Å². The molecule has 0 rings (SSSR count). The van der Waals surface area contributed by atoms with Crippen LogP contribution in [0.1, 0.15) is 135 Å². The highest BCUT2D eigenvalue weighted by molar-refractivity contribution is 7.80. The molecule has 172 valence electrons. The van der Waals surface area contributed by atoms with Crippen molar-refractivity contribution in [1.82, 2.24) is 0 Å². The molecule has 3 heteroatoms. The molecule has 0 aromatic heterocycles. The van der Waals surface area contributed by atoms with Crippen LogP contribution in [0.2, 0.25) is 0 Å². The van der Waals surface area contributed by atoms with E-state index < -0.39 is 0 Å². The molecule has 0 spiro atoms. The average molecular weight is 427 g/mol. The number of carbonyl (C=O) groups excluding carboxylic acids is 1. The molecule has 0 heterocycles. The van der Waals surface area contributed by atoms with Crippen molar-refractivity contribution in [2.24, 2.45) is 0 Å². The van der Waals surface area contributed by atoms with Crippen LogP contribution in [0.15, 0.2) is 12.2 Å². The van der Waals surface area contributed by atoms with E-state index in [0.29, 0.717) is 18.8 Å². The summed E-state index contributed by atoms with van der Waals surface area (Å²) in [5, 5.41) is 0. The lowest BCUT2D eigenvalue weighted by atomic mass is 10.0. The Kier molecular flexibility index (Phi) is 25.2. The number of hydrogen-bond acceptors (Lipinski definition) is 3. The maximum atomic E-state index is 11.3. The Balaban J connectivity index is 3.11. The van der Waals surface area contributed by atoms with Gasteiger partial charge in [-0.15, -0.1) is 0 Å². The van der Waals surface area contributed by atoms with Gasteiger partial charge < -0.3 is 4.74 Å². The molecule has 0 bridgehead atoms. The minimum absolute atomic E-state index is 0.145. The van der Waals surface area contributed by atoms with Crippen LogP contribution in [0.25, 0.3) is 0 Å². The maximum absolute atomic E-state index is 11.3. The predicted octanol–water partition coefficient (Wildman–Crippen LogP) is 8.84. The fourth-order valence-corrected chi connectivity index (χ4v) is 3.77. The van der Waals surface area contributed by atoms with Crippen molar-refractivity contribution in [3.8, 4) is 0 Å². The number of ether oxygens (including phenoxy) is 1. The Morgan fingerprint density at radius 2 is 1.07 bits per heavy atom. The van der Waals surface area contributed by atoms with Gasteiger partial charge in [0.05, 0.1) is 6.42 Å². The lowest BCUT2D eigenvalue weighted by Crippen LogP contribution is -2.04. The summed E-state index contributed by atoms with van der Waals surface area (Å²) in [5.41, 5.74) is 0. The highest BCUT2D eigenvalue weighted by Crippen LogP contribution is 2.14. The first-order valence-corrected chi connectivity index (χ1v) is 13.4. The van der Waals surface area contributed by atoms with Gasteiger partial charge in [0.25, 0.3) is 0 Å². The highest BCUT2D eigenvalue weighted by atomic mass is 32.1. The van der Waals surface area contributed by atoms with E-state index in [0.717, 1.165) is 6.42 Å². The number of rotatable bonds is 23. The summed E-state index contributed by atoms with van der Waals surface area (Å²) in [5.74, 6) is 0.447. The fourth-order valence-electron chi connectivity index (χ4n) is 3.68. The van der Waals surface area contributed by atoms with Gasteiger partial charge in [-0.1, -0.05) is 128 Å². The summed E-state index contributed by atoms with van der Waals surface area (Å²) in [6.07, 6.45) is 31.0. The van der Waals surface area contributed by atoms with E-state index in [4.69, 9.17) is 4.74 Å². The second-order valence-corrected chi connectivity index (χ2v) is 8.87. The summed E-state index contributed by atoms with van der Waals surface area (Å²) >= 11 is 4.02. The van der Waals surface area contributed by atoms with E-state index in [1.165, 1.54) is 116 Å². The SMILES string of the molecule is CCCCCCCCCCCCCCCCCCCC/C=C/CC(=O)OCCS. The van der Waals surface area contributed by atoms with Crippen LogP contribution < -0.4 is 0 Å². The van der Waals surface area contributed by atoms with Gasteiger partial charge in [0.2, 0.25) is 0 Å². The molecule has 0 aliphatic heterocycles. The lowest BCUT2D eigenvalue weighted by molar-refractivity contribution is -0.141. The van der Waals surface area contributed by atoms with E-state index >= 15 is 0 Å². The molecule has 0 unspecified atom stereocenters. The number of hydrogen-bond donors (Lipinski definition) is 1. The Labute approximate surface area is 188 Å². The molecular formula is C26H50O2S. The molecule has 0 saturated carbocycles. The molecule has 0 N–H and O–H groups in total. The third kappa shape index (κ3) is 25.5. The molecule has 0 aliphatic rings. The van der Waals surface area contributed by atoms with E-state index in [9.17, 15) is 4.79 Å². The van der Waals surface area contributed by atoms with E-state index in [1.807, 2.05) is 6.08 Å². The van der Waals surface area contributed by atoms with Crippen LogP contribution >= 0.6 is 12.6 Å². The van der Waals surface area contributed by atoms with Gasteiger partial charge in [0, 0.05) is 5.75 Å². The third-order valence-corrected chi connectivity index (χ3v) is 5.71. The monoisotopic (exact) mass is 426 g/mol. The van der Waals surface area contributed by atoms with E-state index in [-0.39, 0.29) is 5.97 Å². The van der Waals surface area contributed by atoms with Crippen LogP contribution in [-0.2, 0) is 9.53 Å². The number of unbranched alkanes of at least 4 members (excludes halogenated alkanes) is 18. The molecule has 0 amide bonds. The zero-order valence-electron chi connectivity index (χ0n) is 19.5. The van der Waals surface area contributed by atoms with Gasteiger partial charge in [-0.05, 0) is 12.8 Å². The van der Waals surface area contributed by atoms with E-state index in [2.05, 4.69) is 25.6 Å². The molecule has 0 aliphatic carbocycles. The first-order chi connectivity index (χ1) is 14.3. The van der Waals surface area contributed by atoms with Crippen molar-refractivity contribution in [1.29, 1.82) is 0 Å². The molecule has 0 fully saturated rings. The highest BCUT2D eigenvalue weighted by Gasteiger charge is 1.97. The summed E-state index contributed by atoms with van der Waals surface area (Å²) in [6.45, 7) is 2.70. The van der Waals surface area contributed by atoms with Crippen molar-refractivity contribution in [3.05, 3.63) is 12.2 Å². The molecule has 0 aromatic carbocycles. The number of carbonyl (C=O) groups is 1. The minimum Gasteiger partial charge on any atom is -0.465 e. The summed E-state index contributed by atoms with van der Waals surface area (Å²) in [7, 11) is 0. The molecule has 0 saturated heterocycles. The smallest absolute Gasteiger partial charge is 0.309 e. The van der Waals surface area contributed by atoms with Crippen molar-refractivity contribution >= 4 is 18.6 Å². The average Bonchev–Trinajstić information content (AvgIpc) is 2.73. The van der Waals surface area contributed by atoms with Gasteiger partial charge in [0.15, 0.2) is 0 Å². The van der Waals surface area contributed by atoms with Crippen LogP contribution in [0.5, 0.6) is 0 Å². The van der Waals surface area contributed by atoms with Crippen molar-refractivity contribution in [3.63, 3.8) is 0 Å². The minimum atomic E-state index is -0.145. The molecular weight excluding hydrogens is 376 g/mol. The quantitative estimate of drug-likeness (QED) is 0.0764. The zero-order valence-corrected chi connectivity index (χ0v) is 20.4. The molecule has 0 aromatic rings. The molecule has 0 radical (unpaired) electrons. The summed E-state index contributed by atoms with van der Waals surface area (Å²) < 4.78 is 4.97. The Morgan fingerprint density at radius 3 is 1.48 bits per heavy atom. The van der Waals surface area contributed by atoms with Crippen molar-refractivity contribution < 1.29 is 9.53 Å². The van der Waals surface area contributed by atoms with Gasteiger partial charge in [0.1, 0.15) is 6.61 Å². The van der Waals surface area contributed by atoms with Gasteiger partial charge in [-0.3, -0.25) is 4.79 Å². The first-order valence-electron chi connectivity index (χ1n) is 12.7. The zero-order chi connectivity index (χ0) is 21.3. The molecule has 0 atom stereocenters. The third-order valence-electron chi connectivity index (χ3n) is 5.53. The lowest BCUT2D eigenvalue weighted by Gasteiger charge is -2.03. The van der Waals surface area contributed by atoms with E-state index in [1.54, 1.807) is 0 Å². The second-order valence-electron chi connectivity index (χ2n) is 8.42. The Morgan fingerprint density at radius 1 is 0.655 bits per heavy atom. The molecule has 2 nitrogen and oxygen atoms in total. The van der Waals surface area contributed by atoms with Gasteiger partial charge >= 0.3 is 5.97 Å². The predicted molar refractivity (Wildman–Crippen MR) is 132 cm³/mol. The van der Waals surface area contributed by atoms with Crippen LogP contribution in [0.4, 0.5) is 0 Å². The number of esters is 1. The fraction of sp³-hybridized carbons (Fsp3) is 0.885. The standard InChI is InChI=1S/C26H50O2S/c1-2-3-4-5-6-7-8-9-10-11-12-13-14-15-16-17-18-19-20-21-22-23-26(27)28-24-25-29/h21-22,29H,2-20,23-25H2,1H3/b22-21+. The normalized spacial score (nSPS) is 11.4. The van der Waals surface area contributed by atoms with Crippen LogP contribution in [0, 0.1) is 0 Å². The van der Waals surface area contributed by atoms with Crippen molar-refractivity contribution in [2.75, 3.05) is 12.4 Å². The van der Waals surface area contributed by atoms with Crippen molar-refractivity contribution in [2.45, 2.75) is 135 Å². The topological polar surface area (TPSA) is 26.3 Å². The second kappa shape index (κ2) is 25.6. The maximum Gasteiger partial charge on any atom is 0.309 e. The largest absolute Gasteiger partial charge is 0.465 e. The van der Waals surface area contributed by atoms with Gasteiger partial charge in [-0.25, -0.2) is 0 Å². The van der Waals surface area contributed by atoms with Crippen LogP contribution in [0.3, 0.4) is 0 Å². The summed E-state index contributed by atoms with van der Waals surface area (Å²) in [6, 6.07) is 0. The first kappa shape index (κ1) is 28.6. The number of thiol groups is 1. The summed E-state index contributed by atoms with van der Waals surface area (Å²) in [4.78, 5) is 11.3.